The van der Waals surface area contributed by atoms with Crippen LogP contribution in [0.2, 0.25) is 0 Å². The van der Waals surface area contributed by atoms with Crippen LogP contribution in [-0.2, 0) is 20.9 Å². The molecule has 21 heavy (non-hydrogen) atoms. The number of ether oxygens (including phenoxy) is 1. The average molecular weight is 287 g/mol. The molecule has 0 spiro atoms. The lowest BCUT2D eigenvalue weighted by Crippen LogP contribution is -2.52. The third-order valence-corrected chi connectivity index (χ3v) is 4.60. The summed E-state index contributed by atoms with van der Waals surface area (Å²) in [7, 11) is 0. The van der Waals surface area contributed by atoms with Gasteiger partial charge in [0.2, 0.25) is 5.91 Å². The van der Waals surface area contributed by atoms with Crippen LogP contribution in [0.4, 0.5) is 0 Å². The molecule has 0 aromatic heterocycles. The van der Waals surface area contributed by atoms with Crippen molar-refractivity contribution >= 4 is 11.9 Å². The van der Waals surface area contributed by atoms with Gasteiger partial charge in [-0.05, 0) is 24.8 Å². The predicted octanol–water partition coefficient (Wildman–Crippen LogP) is 2.52. The topological polar surface area (TPSA) is 46.6 Å². The van der Waals surface area contributed by atoms with Crippen molar-refractivity contribution in [1.82, 2.24) is 4.90 Å². The number of nitrogens with zero attached hydrogens (tertiary/aromatic N) is 1. The predicted molar refractivity (Wildman–Crippen MR) is 78.3 cm³/mol. The maximum Gasteiger partial charge on any atom is 0.302 e. The van der Waals surface area contributed by atoms with Gasteiger partial charge in [0, 0.05) is 31.8 Å². The second kappa shape index (κ2) is 5.88. The molecule has 3 rings (SSSR count). The summed E-state index contributed by atoms with van der Waals surface area (Å²) in [5.41, 5.74) is 1.17. The number of piperidine rings is 1. The van der Waals surface area contributed by atoms with Crippen LogP contribution in [0.1, 0.15) is 38.2 Å². The SMILES string of the molecule is CC(=O)OC1CCC2CC1CC(=O)N2Cc1ccccc1. The molecule has 3 unspecified atom stereocenters. The molecule has 1 saturated heterocycles. The summed E-state index contributed by atoms with van der Waals surface area (Å²) in [5, 5.41) is 0. The standard InChI is InChI=1S/C17H21NO3/c1-12(19)21-16-8-7-15-9-14(16)10-17(20)18(15)11-13-5-3-2-4-6-13/h2-6,14-16H,7-11H2,1H3. The fourth-order valence-corrected chi connectivity index (χ4v) is 3.62. The highest BCUT2D eigenvalue weighted by molar-refractivity contribution is 5.78. The fraction of sp³-hybridized carbons (Fsp3) is 0.529. The number of fused-ring (bicyclic) bond motifs is 2. The van der Waals surface area contributed by atoms with Crippen molar-refractivity contribution in [2.45, 2.75) is 51.3 Å². The molecule has 4 nitrogen and oxygen atoms in total. The van der Waals surface area contributed by atoms with Crippen molar-refractivity contribution in [3.8, 4) is 0 Å². The number of esters is 1. The minimum absolute atomic E-state index is 0.0680. The van der Waals surface area contributed by atoms with Gasteiger partial charge in [-0.1, -0.05) is 30.3 Å². The maximum atomic E-state index is 12.4. The molecule has 1 aromatic rings. The van der Waals surface area contributed by atoms with E-state index in [1.165, 1.54) is 12.5 Å². The first kappa shape index (κ1) is 14.1. The molecule has 2 fully saturated rings. The quantitative estimate of drug-likeness (QED) is 0.803. The summed E-state index contributed by atoms with van der Waals surface area (Å²) in [4.78, 5) is 25.6. The van der Waals surface area contributed by atoms with Gasteiger partial charge in [-0.25, -0.2) is 0 Å². The van der Waals surface area contributed by atoms with Crippen LogP contribution in [0.3, 0.4) is 0 Å². The molecule has 3 atom stereocenters. The van der Waals surface area contributed by atoms with Crippen LogP contribution in [0.25, 0.3) is 0 Å². The van der Waals surface area contributed by atoms with E-state index in [0.29, 0.717) is 19.0 Å². The number of carbonyl (C=O) groups is 2. The summed E-state index contributed by atoms with van der Waals surface area (Å²) in [6, 6.07) is 10.4. The number of hydrogen-bond acceptors (Lipinski definition) is 3. The van der Waals surface area contributed by atoms with E-state index in [0.717, 1.165) is 19.3 Å². The third-order valence-electron chi connectivity index (χ3n) is 4.60. The molecule has 1 saturated carbocycles. The van der Waals surface area contributed by atoms with Crippen molar-refractivity contribution in [2.24, 2.45) is 5.92 Å². The normalized spacial score (nSPS) is 28.3. The molecule has 2 aliphatic rings. The number of likely N-dealkylation sites (tertiary alicyclic amines) is 1. The zero-order valence-corrected chi connectivity index (χ0v) is 12.3. The van der Waals surface area contributed by atoms with Crippen molar-refractivity contribution < 1.29 is 14.3 Å². The lowest BCUT2D eigenvalue weighted by molar-refractivity contribution is -0.160. The molecule has 1 aliphatic heterocycles. The molecule has 1 aliphatic carbocycles. The second-order valence-corrected chi connectivity index (χ2v) is 6.09. The molecule has 4 heteroatoms. The van der Waals surface area contributed by atoms with Crippen LogP contribution < -0.4 is 0 Å². The smallest absolute Gasteiger partial charge is 0.302 e. The number of carbonyl (C=O) groups excluding carboxylic acids is 2. The summed E-state index contributed by atoms with van der Waals surface area (Å²) in [6.45, 7) is 2.13. The molecule has 1 aromatic carbocycles. The number of hydrogen-bond donors (Lipinski definition) is 0. The lowest BCUT2D eigenvalue weighted by Gasteiger charge is -2.45. The summed E-state index contributed by atoms with van der Waals surface area (Å²) >= 11 is 0. The van der Waals surface area contributed by atoms with Gasteiger partial charge >= 0.3 is 5.97 Å². The van der Waals surface area contributed by atoms with Gasteiger partial charge in [0.15, 0.2) is 0 Å². The Morgan fingerprint density at radius 1 is 1.29 bits per heavy atom. The van der Waals surface area contributed by atoms with Gasteiger partial charge < -0.3 is 9.64 Å². The van der Waals surface area contributed by atoms with Crippen molar-refractivity contribution in [1.29, 1.82) is 0 Å². The Bertz CT molecular complexity index is 528. The zero-order chi connectivity index (χ0) is 14.8. The van der Waals surface area contributed by atoms with Gasteiger partial charge in [-0.15, -0.1) is 0 Å². The van der Waals surface area contributed by atoms with E-state index < -0.39 is 0 Å². The average Bonchev–Trinajstić information content (AvgIpc) is 2.46. The molecular weight excluding hydrogens is 266 g/mol. The summed E-state index contributed by atoms with van der Waals surface area (Å²) in [6.07, 6.45) is 3.18. The van der Waals surface area contributed by atoms with E-state index in [2.05, 4.69) is 12.1 Å². The van der Waals surface area contributed by atoms with E-state index in [4.69, 9.17) is 4.74 Å². The number of benzene rings is 1. The van der Waals surface area contributed by atoms with Gasteiger partial charge in [0.25, 0.3) is 0 Å². The Morgan fingerprint density at radius 2 is 2.05 bits per heavy atom. The van der Waals surface area contributed by atoms with Gasteiger partial charge in [0.05, 0.1) is 0 Å². The minimum atomic E-state index is -0.238. The molecule has 2 bridgehead atoms. The first-order chi connectivity index (χ1) is 10.1. The minimum Gasteiger partial charge on any atom is -0.462 e. The highest BCUT2D eigenvalue weighted by atomic mass is 16.5. The van der Waals surface area contributed by atoms with Crippen molar-refractivity contribution in [3.63, 3.8) is 0 Å². The van der Waals surface area contributed by atoms with E-state index in [1.54, 1.807) is 0 Å². The Labute approximate surface area is 125 Å². The molecule has 0 N–H and O–H groups in total. The molecular formula is C17H21NO3. The zero-order valence-electron chi connectivity index (χ0n) is 12.3. The van der Waals surface area contributed by atoms with Crippen molar-refractivity contribution in [3.05, 3.63) is 35.9 Å². The molecule has 1 heterocycles. The lowest BCUT2D eigenvalue weighted by atomic mass is 9.77. The first-order valence-electron chi connectivity index (χ1n) is 7.64. The second-order valence-electron chi connectivity index (χ2n) is 6.09. The van der Waals surface area contributed by atoms with E-state index >= 15 is 0 Å². The maximum absolute atomic E-state index is 12.4. The van der Waals surface area contributed by atoms with Crippen LogP contribution in [0.15, 0.2) is 30.3 Å². The Kier molecular flexibility index (Phi) is 3.95. The highest BCUT2D eigenvalue weighted by Crippen LogP contribution is 2.37. The summed E-state index contributed by atoms with van der Waals surface area (Å²) < 4.78 is 5.37. The van der Waals surface area contributed by atoms with E-state index in [1.807, 2.05) is 23.1 Å². The van der Waals surface area contributed by atoms with Crippen LogP contribution in [0.5, 0.6) is 0 Å². The first-order valence-corrected chi connectivity index (χ1v) is 7.64. The fourth-order valence-electron chi connectivity index (χ4n) is 3.62. The number of rotatable bonds is 3. The number of amides is 1. The monoisotopic (exact) mass is 287 g/mol. The van der Waals surface area contributed by atoms with E-state index in [-0.39, 0.29) is 23.9 Å². The van der Waals surface area contributed by atoms with Crippen LogP contribution in [0, 0.1) is 5.92 Å². The van der Waals surface area contributed by atoms with Crippen LogP contribution >= 0.6 is 0 Å². The van der Waals surface area contributed by atoms with Gasteiger partial charge in [-0.3, -0.25) is 9.59 Å². The van der Waals surface area contributed by atoms with Crippen molar-refractivity contribution in [2.75, 3.05) is 0 Å². The highest BCUT2D eigenvalue weighted by Gasteiger charge is 2.42. The summed E-state index contributed by atoms with van der Waals surface area (Å²) in [5.74, 6) is 0.154. The molecule has 112 valence electrons. The van der Waals surface area contributed by atoms with Gasteiger partial charge in [-0.2, -0.15) is 0 Å². The van der Waals surface area contributed by atoms with E-state index in [9.17, 15) is 9.59 Å². The Morgan fingerprint density at radius 3 is 2.76 bits per heavy atom. The van der Waals surface area contributed by atoms with Crippen LogP contribution in [-0.4, -0.2) is 28.9 Å². The Balaban J connectivity index is 1.68. The van der Waals surface area contributed by atoms with Gasteiger partial charge in [0.1, 0.15) is 6.10 Å². The Hall–Kier alpha value is -1.84. The third kappa shape index (κ3) is 3.09. The molecule has 1 amide bonds. The molecule has 0 radical (unpaired) electrons. The largest absolute Gasteiger partial charge is 0.462 e.